The molecule has 6 aromatic rings. The summed E-state index contributed by atoms with van der Waals surface area (Å²) in [4.78, 5) is 0. The van der Waals surface area contributed by atoms with E-state index in [1.807, 2.05) is 0 Å². The highest BCUT2D eigenvalue weighted by Crippen LogP contribution is 2.55. The van der Waals surface area contributed by atoms with Crippen LogP contribution >= 0.6 is 0 Å². The quantitative estimate of drug-likeness (QED) is 0.162. The molecule has 0 radical (unpaired) electrons. The topological polar surface area (TPSA) is 0 Å². The maximum Gasteiger partial charge on any atom is 0.182 e. The van der Waals surface area contributed by atoms with Gasteiger partial charge in [0.05, 0.1) is 0 Å². The molecular formula is C44H36Si. The first-order valence-corrected chi connectivity index (χ1v) is 17.7. The van der Waals surface area contributed by atoms with Crippen LogP contribution in [0.4, 0.5) is 0 Å². The molecule has 1 heteroatoms. The molecule has 0 atom stereocenters. The molecule has 0 fully saturated rings. The number of rotatable bonds is 7. The van der Waals surface area contributed by atoms with E-state index < -0.39 is 8.07 Å². The van der Waals surface area contributed by atoms with Gasteiger partial charge >= 0.3 is 0 Å². The van der Waals surface area contributed by atoms with Crippen LogP contribution in [0.5, 0.6) is 0 Å². The van der Waals surface area contributed by atoms with Gasteiger partial charge in [-0.05, 0) is 73.6 Å². The highest BCUT2D eigenvalue weighted by molar-refractivity contribution is 7.29. The third-order valence-corrected chi connectivity index (χ3v) is 13.9. The molecule has 0 saturated carbocycles. The van der Waals surface area contributed by atoms with E-state index in [1.54, 1.807) is 0 Å². The standard InChI is InChI=1S/C44H36Si/c1-3-16-34-27-31-38(32-28-34)44-42(36-19-10-5-11-20-36)41(35-17-8-4-9-18-35)43(37-29-25-33(2)26-30-37)45(44,39-21-12-6-13-22-39)40-23-14-7-15-24-40/h3-32H,1-2H3/b16-3+. The highest BCUT2D eigenvalue weighted by atomic mass is 28.3. The molecular weight excluding hydrogens is 557 g/mol. The van der Waals surface area contributed by atoms with Crippen LogP contribution in [0.15, 0.2) is 176 Å². The molecule has 0 aromatic heterocycles. The average molecular weight is 593 g/mol. The van der Waals surface area contributed by atoms with Gasteiger partial charge in [-0.25, -0.2) is 0 Å². The Kier molecular flexibility index (Phi) is 7.86. The smallest absolute Gasteiger partial charge is 0.0871 e. The van der Waals surface area contributed by atoms with Gasteiger partial charge in [-0.2, -0.15) is 0 Å². The summed E-state index contributed by atoms with van der Waals surface area (Å²) >= 11 is 0. The summed E-state index contributed by atoms with van der Waals surface area (Å²) in [5.74, 6) is 0. The summed E-state index contributed by atoms with van der Waals surface area (Å²) in [6.07, 6.45) is 4.28. The lowest BCUT2D eigenvalue weighted by atomic mass is 9.89. The second kappa shape index (κ2) is 12.4. The van der Waals surface area contributed by atoms with E-state index in [4.69, 9.17) is 0 Å². The van der Waals surface area contributed by atoms with Crippen molar-refractivity contribution in [3.63, 3.8) is 0 Å². The fraction of sp³-hybridized carbons (Fsp3) is 0.0455. The number of allylic oxidation sites excluding steroid dienone is 3. The van der Waals surface area contributed by atoms with Crippen LogP contribution in [0.1, 0.15) is 40.3 Å². The summed E-state index contributed by atoms with van der Waals surface area (Å²) in [5.41, 5.74) is 10.2. The van der Waals surface area contributed by atoms with Crippen molar-refractivity contribution < 1.29 is 0 Å². The lowest BCUT2D eigenvalue weighted by molar-refractivity contribution is 1.46. The number of aryl methyl sites for hydroxylation is 1. The summed E-state index contributed by atoms with van der Waals surface area (Å²) in [6, 6.07) is 63.2. The van der Waals surface area contributed by atoms with E-state index in [0.29, 0.717) is 0 Å². The fourth-order valence-electron chi connectivity index (χ4n) is 7.05. The summed E-state index contributed by atoms with van der Waals surface area (Å²) in [7, 11) is -2.93. The molecule has 216 valence electrons. The van der Waals surface area contributed by atoms with E-state index in [2.05, 4.69) is 196 Å². The van der Waals surface area contributed by atoms with Gasteiger partial charge in [0.2, 0.25) is 0 Å². The average Bonchev–Trinajstić information content (AvgIpc) is 3.43. The number of hydrogen-bond donors (Lipinski definition) is 0. The van der Waals surface area contributed by atoms with E-state index >= 15 is 0 Å². The third kappa shape index (κ3) is 5.06. The van der Waals surface area contributed by atoms with Gasteiger partial charge in [0.25, 0.3) is 0 Å². The van der Waals surface area contributed by atoms with Gasteiger partial charge in [0, 0.05) is 0 Å². The van der Waals surface area contributed by atoms with Crippen LogP contribution in [0.25, 0.3) is 27.6 Å². The van der Waals surface area contributed by atoms with Crippen LogP contribution in [0.2, 0.25) is 0 Å². The molecule has 0 saturated heterocycles. The van der Waals surface area contributed by atoms with Crippen LogP contribution in [-0.4, -0.2) is 8.07 Å². The van der Waals surface area contributed by atoms with Crippen LogP contribution in [0.3, 0.4) is 0 Å². The van der Waals surface area contributed by atoms with Gasteiger partial charge in [-0.15, -0.1) is 0 Å². The minimum Gasteiger partial charge on any atom is -0.0871 e. The second-order valence-corrected chi connectivity index (χ2v) is 15.4. The molecule has 0 amide bonds. The maximum atomic E-state index is 2.37. The van der Waals surface area contributed by atoms with Gasteiger partial charge < -0.3 is 0 Å². The Labute approximate surface area is 268 Å². The Morgan fingerprint density at radius 1 is 0.400 bits per heavy atom. The third-order valence-electron chi connectivity index (χ3n) is 8.94. The van der Waals surface area contributed by atoms with Gasteiger partial charge in [-0.1, -0.05) is 188 Å². The van der Waals surface area contributed by atoms with Crippen molar-refractivity contribution in [2.45, 2.75) is 13.8 Å². The van der Waals surface area contributed by atoms with Crippen LogP contribution in [0, 0.1) is 6.92 Å². The molecule has 1 heterocycles. The molecule has 6 aromatic carbocycles. The summed E-state index contributed by atoms with van der Waals surface area (Å²) in [6.45, 7) is 4.25. The van der Waals surface area contributed by atoms with Crippen molar-refractivity contribution in [2.24, 2.45) is 0 Å². The molecule has 0 nitrogen and oxygen atoms in total. The van der Waals surface area contributed by atoms with E-state index in [0.717, 1.165) is 0 Å². The van der Waals surface area contributed by atoms with Crippen LogP contribution in [-0.2, 0) is 0 Å². The Morgan fingerprint density at radius 2 is 0.778 bits per heavy atom. The van der Waals surface area contributed by atoms with Gasteiger partial charge in [0.15, 0.2) is 8.07 Å². The van der Waals surface area contributed by atoms with E-state index in [1.165, 1.54) is 65.3 Å². The molecule has 0 spiro atoms. The monoisotopic (exact) mass is 592 g/mol. The summed E-state index contributed by atoms with van der Waals surface area (Å²) < 4.78 is 0. The zero-order valence-corrected chi connectivity index (χ0v) is 26.8. The van der Waals surface area contributed by atoms with Crippen LogP contribution < -0.4 is 10.4 Å². The molecule has 0 unspecified atom stereocenters. The molecule has 1 aliphatic heterocycles. The van der Waals surface area contributed by atoms with Crippen molar-refractivity contribution >= 4 is 46.1 Å². The van der Waals surface area contributed by atoms with Gasteiger partial charge in [0.1, 0.15) is 0 Å². The first-order chi connectivity index (χ1) is 22.2. The first kappa shape index (κ1) is 28.5. The molecule has 45 heavy (non-hydrogen) atoms. The largest absolute Gasteiger partial charge is 0.182 e. The molecule has 1 aliphatic rings. The van der Waals surface area contributed by atoms with Crippen molar-refractivity contribution in [2.75, 3.05) is 0 Å². The normalized spacial score (nSPS) is 14.4. The molecule has 7 rings (SSSR count). The highest BCUT2D eigenvalue weighted by Gasteiger charge is 2.53. The minimum absolute atomic E-state index is 1.21. The Balaban J connectivity index is 1.74. The molecule has 0 bridgehead atoms. The van der Waals surface area contributed by atoms with Crippen molar-refractivity contribution in [1.82, 2.24) is 0 Å². The SMILES string of the molecule is C/C=C/c1ccc(C2=C(c3ccccc3)C(c3ccccc3)=C(c3ccc(C)cc3)[Si]2(c2ccccc2)c2ccccc2)cc1. The Hall–Kier alpha value is -5.24. The summed E-state index contributed by atoms with van der Waals surface area (Å²) in [5, 5.41) is 5.65. The number of hydrogen-bond acceptors (Lipinski definition) is 0. The first-order valence-electron chi connectivity index (χ1n) is 15.7. The maximum absolute atomic E-state index is 2.93. The lowest BCUT2D eigenvalue weighted by Crippen LogP contribution is -2.59. The Bertz CT molecular complexity index is 1960. The van der Waals surface area contributed by atoms with Crippen molar-refractivity contribution in [3.8, 4) is 0 Å². The zero-order valence-electron chi connectivity index (χ0n) is 25.8. The number of benzene rings is 6. The lowest BCUT2D eigenvalue weighted by Gasteiger charge is -2.36. The molecule has 0 N–H and O–H groups in total. The van der Waals surface area contributed by atoms with Crippen molar-refractivity contribution in [1.29, 1.82) is 0 Å². The Morgan fingerprint density at radius 3 is 1.18 bits per heavy atom. The van der Waals surface area contributed by atoms with E-state index in [-0.39, 0.29) is 0 Å². The predicted molar refractivity (Wildman–Crippen MR) is 197 cm³/mol. The fourth-order valence-corrected chi connectivity index (χ4v) is 12.7. The molecule has 0 aliphatic carbocycles. The predicted octanol–water partition coefficient (Wildman–Crippen LogP) is 9.91. The van der Waals surface area contributed by atoms with Crippen molar-refractivity contribution in [3.05, 3.63) is 209 Å². The zero-order chi connectivity index (χ0) is 30.6. The minimum atomic E-state index is -2.93. The van der Waals surface area contributed by atoms with E-state index in [9.17, 15) is 0 Å². The van der Waals surface area contributed by atoms with Gasteiger partial charge in [-0.3, -0.25) is 0 Å². The second-order valence-electron chi connectivity index (χ2n) is 11.7.